The van der Waals surface area contributed by atoms with Gasteiger partial charge < -0.3 is 31.9 Å². The Kier molecular flexibility index (Phi) is 7.59. The fourth-order valence-corrected chi connectivity index (χ4v) is 3.40. The minimum atomic E-state index is -1.52. The molecule has 0 heterocycles. The van der Waals surface area contributed by atoms with Gasteiger partial charge in [0, 0.05) is 5.41 Å². The van der Waals surface area contributed by atoms with Crippen LogP contribution in [0.1, 0.15) is 47.0 Å². The van der Waals surface area contributed by atoms with Gasteiger partial charge in [-0.2, -0.15) is 0 Å². The van der Waals surface area contributed by atoms with Gasteiger partial charge in [-0.05, 0) is 47.1 Å². The fraction of sp³-hybridized carbons (Fsp3) is 1.00. The van der Waals surface area contributed by atoms with Crippen LogP contribution in [-0.2, 0) is 0 Å². The molecular formula is C14H32N2O4. The van der Waals surface area contributed by atoms with Gasteiger partial charge in [0.1, 0.15) is 0 Å². The zero-order valence-electron chi connectivity index (χ0n) is 13.1. The van der Waals surface area contributed by atoms with E-state index in [1.54, 1.807) is 0 Å². The third-order valence-electron chi connectivity index (χ3n) is 4.72. The Labute approximate surface area is 121 Å². The number of hydrogen-bond donors (Lipinski definition) is 6. The lowest BCUT2D eigenvalue weighted by Gasteiger charge is -2.55. The standard InChI is InChI=1S/C14H32N2O4/c1-9(17)13(10(2)18,7-5-6-8-15)14(16,11(3)19)12(4)20/h9-12,17-20H,5-8,15-16H2,1-4H3. The van der Waals surface area contributed by atoms with E-state index in [0.29, 0.717) is 19.4 Å². The van der Waals surface area contributed by atoms with Crippen LogP contribution in [0.3, 0.4) is 0 Å². The summed E-state index contributed by atoms with van der Waals surface area (Å²) in [4.78, 5) is 0. The number of unbranched alkanes of at least 4 members (excludes halogenated alkanes) is 1. The molecule has 0 rings (SSSR count). The lowest BCUT2D eigenvalue weighted by molar-refractivity contribution is -0.171. The van der Waals surface area contributed by atoms with Crippen LogP contribution < -0.4 is 11.5 Å². The Morgan fingerprint density at radius 1 is 0.800 bits per heavy atom. The van der Waals surface area contributed by atoms with Crippen LogP contribution in [0.2, 0.25) is 0 Å². The van der Waals surface area contributed by atoms with Gasteiger partial charge in [0.05, 0.1) is 30.0 Å². The molecule has 6 heteroatoms. The largest absolute Gasteiger partial charge is 0.393 e. The molecule has 4 atom stereocenters. The van der Waals surface area contributed by atoms with Crippen molar-refractivity contribution in [2.45, 2.75) is 76.9 Å². The number of hydrogen-bond acceptors (Lipinski definition) is 6. The number of rotatable bonds is 9. The smallest absolute Gasteiger partial charge is 0.0781 e. The molecule has 0 radical (unpaired) electrons. The molecule has 0 amide bonds. The van der Waals surface area contributed by atoms with E-state index in [0.717, 1.165) is 6.42 Å². The normalized spacial score (nSPS) is 24.3. The highest BCUT2D eigenvalue weighted by Gasteiger charge is 2.59. The first-order valence-electron chi connectivity index (χ1n) is 7.30. The van der Waals surface area contributed by atoms with Crippen molar-refractivity contribution in [3.8, 4) is 0 Å². The molecule has 4 unspecified atom stereocenters. The summed E-state index contributed by atoms with van der Waals surface area (Å²) in [6.07, 6.45) is -2.44. The van der Waals surface area contributed by atoms with Gasteiger partial charge in [0.15, 0.2) is 0 Å². The van der Waals surface area contributed by atoms with Gasteiger partial charge in [0.25, 0.3) is 0 Å². The van der Waals surface area contributed by atoms with E-state index in [4.69, 9.17) is 11.5 Å². The maximum Gasteiger partial charge on any atom is 0.0781 e. The van der Waals surface area contributed by atoms with Crippen molar-refractivity contribution in [2.75, 3.05) is 6.54 Å². The molecule has 0 aromatic rings. The second-order valence-electron chi connectivity index (χ2n) is 5.92. The van der Waals surface area contributed by atoms with Crippen LogP contribution in [0.15, 0.2) is 0 Å². The van der Waals surface area contributed by atoms with Gasteiger partial charge in [-0.15, -0.1) is 0 Å². The minimum absolute atomic E-state index is 0.367. The third-order valence-corrected chi connectivity index (χ3v) is 4.72. The molecule has 0 aliphatic carbocycles. The summed E-state index contributed by atoms with van der Waals surface area (Å²) in [7, 11) is 0. The molecule has 8 N–H and O–H groups in total. The molecule has 0 saturated carbocycles. The molecule has 0 spiro atoms. The van der Waals surface area contributed by atoms with Crippen molar-refractivity contribution >= 4 is 0 Å². The summed E-state index contributed by atoms with van der Waals surface area (Å²) in [6.45, 7) is 6.49. The molecule has 0 aliphatic rings. The average Bonchev–Trinajstić information content (AvgIpc) is 2.32. The monoisotopic (exact) mass is 292 g/mol. The zero-order valence-corrected chi connectivity index (χ0v) is 13.1. The van der Waals surface area contributed by atoms with Crippen molar-refractivity contribution in [1.82, 2.24) is 0 Å². The first-order chi connectivity index (χ1) is 9.08. The van der Waals surface area contributed by atoms with Gasteiger partial charge in [-0.1, -0.05) is 6.42 Å². The van der Waals surface area contributed by atoms with Crippen LogP contribution >= 0.6 is 0 Å². The molecule has 20 heavy (non-hydrogen) atoms. The van der Waals surface area contributed by atoms with E-state index in [9.17, 15) is 20.4 Å². The predicted octanol–water partition coefficient (Wildman–Crippen LogP) is -0.677. The topological polar surface area (TPSA) is 133 Å². The molecule has 0 aromatic heterocycles. The van der Waals surface area contributed by atoms with Crippen molar-refractivity contribution in [3.63, 3.8) is 0 Å². The Morgan fingerprint density at radius 3 is 1.45 bits per heavy atom. The maximum atomic E-state index is 10.3. The van der Waals surface area contributed by atoms with Gasteiger partial charge in [-0.3, -0.25) is 0 Å². The van der Waals surface area contributed by atoms with Crippen molar-refractivity contribution in [1.29, 1.82) is 0 Å². The second kappa shape index (κ2) is 7.68. The van der Waals surface area contributed by atoms with Crippen LogP contribution in [0.25, 0.3) is 0 Å². The summed E-state index contributed by atoms with van der Waals surface area (Å²) in [5, 5.41) is 40.7. The Bertz CT molecular complexity index is 264. The average molecular weight is 292 g/mol. The Balaban J connectivity index is 5.79. The SMILES string of the molecule is CC(O)C(N)(C(C)O)C(CCCCN)(C(C)O)C(C)O. The van der Waals surface area contributed by atoms with Gasteiger partial charge in [0.2, 0.25) is 0 Å². The molecule has 0 aromatic carbocycles. The highest BCUT2D eigenvalue weighted by molar-refractivity contribution is 5.13. The molecule has 0 saturated heterocycles. The van der Waals surface area contributed by atoms with Crippen molar-refractivity contribution < 1.29 is 20.4 Å². The number of aliphatic hydroxyl groups is 4. The Morgan fingerprint density at radius 2 is 1.20 bits per heavy atom. The van der Waals surface area contributed by atoms with E-state index in [-0.39, 0.29) is 0 Å². The summed E-state index contributed by atoms with van der Waals surface area (Å²) >= 11 is 0. The third kappa shape index (κ3) is 3.32. The molecule has 122 valence electrons. The number of aliphatic hydroxyl groups excluding tert-OH is 4. The Hall–Kier alpha value is -0.240. The first-order valence-corrected chi connectivity index (χ1v) is 7.30. The fourth-order valence-electron chi connectivity index (χ4n) is 3.40. The quantitative estimate of drug-likeness (QED) is 0.312. The molecule has 6 nitrogen and oxygen atoms in total. The maximum absolute atomic E-state index is 10.3. The lowest BCUT2D eigenvalue weighted by Crippen LogP contribution is -2.74. The zero-order chi connectivity index (χ0) is 16.1. The highest BCUT2D eigenvalue weighted by Crippen LogP contribution is 2.45. The minimum Gasteiger partial charge on any atom is -0.393 e. The highest BCUT2D eigenvalue weighted by atomic mass is 16.3. The first kappa shape index (κ1) is 19.8. The summed E-state index contributed by atoms with van der Waals surface area (Å²) < 4.78 is 0. The molecule has 0 fully saturated rings. The van der Waals surface area contributed by atoms with Crippen molar-refractivity contribution in [2.24, 2.45) is 16.9 Å². The van der Waals surface area contributed by atoms with Crippen LogP contribution in [0.5, 0.6) is 0 Å². The summed E-state index contributed by atoms with van der Waals surface area (Å²) in [6, 6.07) is 0. The van der Waals surface area contributed by atoms with Crippen LogP contribution in [0, 0.1) is 5.41 Å². The van der Waals surface area contributed by atoms with Gasteiger partial charge >= 0.3 is 0 Å². The van der Waals surface area contributed by atoms with Crippen LogP contribution in [0.4, 0.5) is 0 Å². The lowest BCUT2D eigenvalue weighted by atomic mass is 9.57. The molecule has 0 bridgehead atoms. The van der Waals surface area contributed by atoms with E-state index in [2.05, 4.69) is 0 Å². The van der Waals surface area contributed by atoms with E-state index >= 15 is 0 Å². The van der Waals surface area contributed by atoms with E-state index in [1.165, 1.54) is 27.7 Å². The second-order valence-corrected chi connectivity index (χ2v) is 5.92. The number of nitrogens with two attached hydrogens (primary N) is 2. The van der Waals surface area contributed by atoms with Crippen LogP contribution in [-0.4, -0.2) is 56.9 Å². The van der Waals surface area contributed by atoms with E-state index < -0.39 is 35.4 Å². The summed E-state index contributed by atoms with van der Waals surface area (Å²) in [5.41, 5.74) is 9.04. The molecular weight excluding hydrogens is 260 g/mol. The van der Waals surface area contributed by atoms with Crippen molar-refractivity contribution in [3.05, 3.63) is 0 Å². The summed E-state index contributed by atoms with van der Waals surface area (Å²) in [5.74, 6) is 0. The molecule has 0 aliphatic heterocycles. The predicted molar refractivity (Wildman–Crippen MR) is 79.0 cm³/mol. The van der Waals surface area contributed by atoms with E-state index in [1.807, 2.05) is 0 Å². The van der Waals surface area contributed by atoms with Gasteiger partial charge in [-0.25, -0.2) is 0 Å².